The maximum atomic E-state index is 14.8. The van der Waals surface area contributed by atoms with E-state index in [9.17, 15) is 18.3 Å². The van der Waals surface area contributed by atoms with Crippen molar-refractivity contribution in [3.63, 3.8) is 0 Å². The molecule has 1 aliphatic heterocycles. The number of anilines is 1. The van der Waals surface area contributed by atoms with Gasteiger partial charge in [0.15, 0.2) is 5.54 Å². The standard InChI is InChI=1S/C29H29ClN4O7S/c1-39-21-5-7-22(8-6-21)42(37,38)34-25-9-4-20(30)16-23(25)29(28(34)36,33-18-27-32-12-14-41-27)24-15-19(17-31-11-13-35)3-10-26(24)40-2/h3-10,12,14-16,31,33,35H,11,13,17-18H2,1-2H3. The molecule has 1 atom stereocenters. The molecule has 0 saturated heterocycles. The molecular weight excluding hydrogens is 584 g/mol. The first-order valence-corrected chi connectivity index (χ1v) is 14.7. The lowest BCUT2D eigenvalue weighted by molar-refractivity contribution is -0.121. The Morgan fingerprint density at radius 1 is 1.02 bits per heavy atom. The van der Waals surface area contributed by atoms with Crippen LogP contribution in [0.2, 0.25) is 5.02 Å². The van der Waals surface area contributed by atoms with Gasteiger partial charge in [0.1, 0.15) is 17.8 Å². The number of ether oxygens (including phenoxy) is 2. The van der Waals surface area contributed by atoms with Gasteiger partial charge in [-0.05, 0) is 60.2 Å². The number of rotatable bonds is 12. The number of carbonyl (C=O) groups is 1. The molecule has 3 aromatic carbocycles. The largest absolute Gasteiger partial charge is 0.497 e. The fourth-order valence-corrected chi connectivity index (χ4v) is 6.64. The van der Waals surface area contributed by atoms with Crippen LogP contribution >= 0.6 is 11.6 Å². The summed E-state index contributed by atoms with van der Waals surface area (Å²) < 4.78 is 45.4. The van der Waals surface area contributed by atoms with Crippen LogP contribution in [0.15, 0.2) is 82.4 Å². The second-order valence-corrected chi connectivity index (χ2v) is 11.6. The molecule has 1 unspecified atom stereocenters. The Labute approximate surface area is 248 Å². The van der Waals surface area contributed by atoms with Gasteiger partial charge in [0.2, 0.25) is 5.89 Å². The normalized spacial score (nSPS) is 16.5. The molecule has 2 heterocycles. The minimum atomic E-state index is -4.41. The van der Waals surface area contributed by atoms with Crippen molar-refractivity contribution in [3.05, 3.63) is 101 Å². The number of methoxy groups -OCH3 is 2. The summed E-state index contributed by atoms with van der Waals surface area (Å²) in [5, 5.41) is 15.9. The van der Waals surface area contributed by atoms with Gasteiger partial charge in [-0.2, -0.15) is 0 Å². The van der Waals surface area contributed by atoms with Crippen molar-refractivity contribution in [2.24, 2.45) is 0 Å². The molecule has 11 nitrogen and oxygen atoms in total. The summed E-state index contributed by atoms with van der Waals surface area (Å²) in [4.78, 5) is 18.9. The fraction of sp³-hybridized carbons (Fsp3) is 0.241. The van der Waals surface area contributed by atoms with Crippen LogP contribution in [0.3, 0.4) is 0 Å². The topological polar surface area (TPSA) is 143 Å². The number of hydrogen-bond donors (Lipinski definition) is 3. The average molecular weight is 613 g/mol. The van der Waals surface area contributed by atoms with Gasteiger partial charge in [0.05, 0.1) is 44.2 Å². The molecule has 42 heavy (non-hydrogen) atoms. The van der Waals surface area contributed by atoms with Gasteiger partial charge in [0.25, 0.3) is 15.9 Å². The molecule has 1 aromatic heterocycles. The molecule has 0 spiro atoms. The van der Waals surface area contributed by atoms with Gasteiger partial charge in [-0.3, -0.25) is 10.1 Å². The third-order valence-corrected chi connectivity index (χ3v) is 8.90. The zero-order chi connectivity index (χ0) is 29.9. The van der Waals surface area contributed by atoms with Crippen LogP contribution < -0.4 is 24.4 Å². The van der Waals surface area contributed by atoms with E-state index in [0.717, 1.165) is 9.87 Å². The Balaban J connectivity index is 1.74. The molecule has 0 bridgehead atoms. The number of benzene rings is 3. The maximum absolute atomic E-state index is 14.8. The molecule has 13 heteroatoms. The SMILES string of the molecule is COc1ccc(S(=O)(=O)N2C(=O)C(NCc3ncco3)(c3cc(CNCCO)ccc3OC)c3cc(Cl)ccc32)cc1. The van der Waals surface area contributed by atoms with Crippen LogP contribution in [0.5, 0.6) is 11.5 Å². The predicted molar refractivity (Wildman–Crippen MR) is 155 cm³/mol. The van der Waals surface area contributed by atoms with E-state index in [0.29, 0.717) is 40.7 Å². The lowest BCUT2D eigenvalue weighted by Crippen LogP contribution is -2.52. The highest BCUT2D eigenvalue weighted by atomic mass is 35.5. The van der Waals surface area contributed by atoms with Crippen molar-refractivity contribution in [1.82, 2.24) is 15.6 Å². The van der Waals surface area contributed by atoms with Gasteiger partial charge in [-0.1, -0.05) is 17.7 Å². The van der Waals surface area contributed by atoms with Crippen molar-refractivity contribution < 1.29 is 32.2 Å². The lowest BCUT2D eigenvalue weighted by atomic mass is 9.82. The minimum absolute atomic E-state index is 0.0305. The van der Waals surface area contributed by atoms with E-state index in [4.69, 9.17) is 25.5 Å². The molecule has 0 fully saturated rings. The van der Waals surface area contributed by atoms with Crippen molar-refractivity contribution >= 4 is 33.2 Å². The number of nitrogens with one attached hydrogen (secondary N) is 2. The number of amides is 1. The highest BCUT2D eigenvalue weighted by Crippen LogP contribution is 2.50. The number of aliphatic hydroxyl groups is 1. The molecule has 220 valence electrons. The molecule has 4 aromatic rings. The first-order valence-electron chi connectivity index (χ1n) is 12.9. The molecule has 1 aliphatic rings. The first kappa shape index (κ1) is 29.5. The van der Waals surface area contributed by atoms with Crippen LogP contribution in [0.25, 0.3) is 0 Å². The van der Waals surface area contributed by atoms with Crippen LogP contribution in [0.1, 0.15) is 22.6 Å². The number of sulfonamides is 1. The molecule has 0 radical (unpaired) electrons. The van der Waals surface area contributed by atoms with Crippen LogP contribution in [-0.2, 0) is 33.4 Å². The van der Waals surface area contributed by atoms with Gasteiger partial charge in [-0.15, -0.1) is 0 Å². The van der Waals surface area contributed by atoms with Gasteiger partial charge in [0, 0.05) is 29.2 Å². The third kappa shape index (κ3) is 5.23. The number of hydrogen-bond acceptors (Lipinski definition) is 10. The Hall–Kier alpha value is -3.94. The van der Waals surface area contributed by atoms with E-state index in [1.165, 1.54) is 63.1 Å². The van der Waals surface area contributed by atoms with Gasteiger partial charge >= 0.3 is 0 Å². The summed E-state index contributed by atoms with van der Waals surface area (Å²) in [6, 6.07) is 15.7. The molecular formula is C29H29ClN4O7S. The molecule has 5 rings (SSSR count). The van der Waals surface area contributed by atoms with Crippen molar-refractivity contribution in [2.75, 3.05) is 31.7 Å². The number of fused-ring (bicyclic) bond motifs is 1. The highest BCUT2D eigenvalue weighted by molar-refractivity contribution is 7.93. The zero-order valence-corrected chi connectivity index (χ0v) is 24.4. The van der Waals surface area contributed by atoms with Crippen LogP contribution in [0, 0.1) is 0 Å². The van der Waals surface area contributed by atoms with E-state index in [2.05, 4.69) is 15.6 Å². The van der Waals surface area contributed by atoms with Gasteiger partial charge < -0.3 is 24.3 Å². The van der Waals surface area contributed by atoms with Crippen molar-refractivity contribution in [1.29, 1.82) is 0 Å². The smallest absolute Gasteiger partial charge is 0.270 e. The average Bonchev–Trinajstić information content (AvgIpc) is 3.60. The fourth-order valence-electron chi connectivity index (χ4n) is 5.00. The molecule has 3 N–H and O–H groups in total. The summed E-state index contributed by atoms with van der Waals surface area (Å²) in [5.41, 5.74) is -0.217. The highest BCUT2D eigenvalue weighted by Gasteiger charge is 2.57. The van der Waals surface area contributed by atoms with Crippen LogP contribution in [0.4, 0.5) is 5.69 Å². The Kier molecular flexibility index (Phi) is 8.53. The summed E-state index contributed by atoms with van der Waals surface area (Å²) >= 11 is 6.47. The maximum Gasteiger partial charge on any atom is 0.270 e. The van der Waals surface area contributed by atoms with E-state index >= 15 is 0 Å². The summed E-state index contributed by atoms with van der Waals surface area (Å²) in [5.74, 6) is 0.291. The number of aliphatic hydroxyl groups excluding tert-OH is 1. The quantitative estimate of drug-likeness (QED) is 0.204. The van der Waals surface area contributed by atoms with E-state index in [-0.39, 0.29) is 29.6 Å². The predicted octanol–water partition coefficient (Wildman–Crippen LogP) is 3.20. The zero-order valence-electron chi connectivity index (χ0n) is 22.8. The summed E-state index contributed by atoms with van der Waals surface area (Å²) in [7, 11) is -1.47. The van der Waals surface area contributed by atoms with E-state index < -0.39 is 21.5 Å². The summed E-state index contributed by atoms with van der Waals surface area (Å²) in [6.07, 6.45) is 2.87. The second-order valence-electron chi connectivity index (χ2n) is 9.38. The first-order chi connectivity index (χ1) is 20.3. The number of halogens is 1. The van der Waals surface area contributed by atoms with Crippen molar-refractivity contribution in [2.45, 2.75) is 23.5 Å². The van der Waals surface area contributed by atoms with Crippen molar-refractivity contribution in [3.8, 4) is 11.5 Å². The molecule has 1 amide bonds. The van der Waals surface area contributed by atoms with E-state index in [1.807, 2.05) is 6.07 Å². The molecule has 0 aliphatic carbocycles. The number of nitrogens with zero attached hydrogens (tertiary/aromatic N) is 2. The number of carbonyl (C=O) groups excluding carboxylic acids is 1. The van der Waals surface area contributed by atoms with Crippen LogP contribution in [-0.4, -0.2) is 51.8 Å². The number of oxazole rings is 1. The Morgan fingerprint density at radius 3 is 2.48 bits per heavy atom. The van der Waals surface area contributed by atoms with Gasteiger partial charge in [-0.25, -0.2) is 17.7 Å². The Bertz CT molecular complexity index is 1680. The summed E-state index contributed by atoms with van der Waals surface area (Å²) in [6.45, 7) is 0.655. The van der Waals surface area contributed by atoms with E-state index in [1.54, 1.807) is 18.2 Å². The third-order valence-electron chi connectivity index (χ3n) is 6.96. The second kappa shape index (κ2) is 12.1. The minimum Gasteiger partial charge on any atom is -0.497 e. The monoisotopic (exact) mass is 612 g/mol. The number of aromatic nitrogens is 1. The lowest BCUT2D eigenvalue weighted by Gasteiger charge is -2.32. The Morgan fingerprint density at radius 2 is 1.81 bits per heavy atom. The molecule has 0 saturated carbocycles.